The van der Waals surface area contributed by atoms with Crippen molar-refractivity contribution in [3.05, 3.63) is 109 Å². The first-order valence-electron chi connectivity index (χ1n) is 9.33. The molecule has 1 amide bonds. The van der Waals surface area contributed by atoms with Gasteiger partial charge in [-0.1, -0.05) is 78.9 Å². The van der Waals surface area contributed by atoms with Crippen LogP contribution in [0.15, 0.2) is 102 Å². The van der Waals surface area contributed by atoms with Crippen molar-refractivity contribution >= 4 is 23.4 Å². The molecule has 4 heteroatoms. The Labute approximate surface area is 170 Å². The highest BCUT2D eigenvalue weighted by Gasteiger charge is 2.19. The lowest BCUT2D eigenvalue weighted by Crippen LogP contribution is -2.87. The number of hydrogen-bond acceptors (Lipinski definition) is 2. The second-order valence-electron chi connectivity index (χ2n) is 6.38. The number of hydrogen-bond donors (Lipinski definition) is 2. The number of anilines is 1. The number of quaternary nitrogens is 1. The maximum Gasteiger partial charge on any atom is 0.279 e. The van der Waals surface area contributed by atoms with Crippen molar-refractivity contribution in [1.82, 2.24) is 0 Å². The van der Waals surface area contributed by atoms with Gasteiger partial charge in [0, 0.05) is 21.8 Å². The molecule has 0 saturated carbocycles. The third kappa shape index (κ3) is 5.59. The van der Waals surface area contributed by atoms with Crippen LogP contribution in [0.1, 0.15) is 17.2 Å². The van der Waals surface area contributed by atoms with Gasteiger partial charge in [-0.3, -0.25) is 4.79 Å². The first-order valence-corrected chi connectivity index (χ1v) is 10.3. The molecule has 0 aliphatic rings. The Morgan fingerprint density at radius 2 is 1.50 bits per heavy atom. The minimum atomic E-state index is -0.0106. The summed E-state index contributed by atoms with van der Waals surface area (Å²) >= 11 is 1.66. The highest BCUT2D eigenvalue weighted by atomic mass is 32.2. The second-order valence-corrected chi connectivity index (χ2v) is 7.44. The average Bonchev–Trinajstić information content (AvgIpc) is 2.75. The molecular formula is C24H25N2OS+. The second kappa shape index (κ2) is 10.5. The summed E-state index contributed by atoms with van der Waals surface area (Å²) < 4.78 is 0. The zero-order valence-electron chi connectivity index (χ0n) is 15.8. The predicted octanol–water partition coefficient (Wildman–Crippen LogP) is 4.26. The van der Waals surface area contributed by atoms with Crippen molar-refractivity contribution in [2.45, 2.75) is 10.9 Å². The lowest BCUT2D eigenvalue weighted by Gasteiger charge is -2.17. The Balaban J connectivity index is 1.69. The molecule has 0 saturated heterocycles. The summed E-state index contributed by atoms with van der Waals surface area (Å²) in [6.45, 7) is 4.10. The van der Waals surface area contributed by atoms with E-state index in [4.69, 9.17) is 0 Å². The summed E-state index contributed by atoms with van der Waals surface area (Å²) in [6, 6.07) is 28.5. The van der Waals surface area contributed by atoms with Crippen LogP contribution in [0, 0.1) is 0 Å². The van der Waals surface area contributed by atoms with Crippen LogP contribution in [0.3, 0.4) is 0 Å². The molecule has 3 N–H and O–H groups in total. The number of amides is 1. The van der Waals surface area contributed by atoms with Gasteiger partial charge < -0.3 is 10.6 Å². The third-order valence-electron chi connectivity index (χ3n) is 4.37. The fraction of sp³-hybridized carbons (Fsp3) is 0.125. The van der Waals surface area contributed by atoms with Gasteiger partial charge in [0.05, 0.1) is 5.69 Å². The van der Waals surface area contributed by atoms with Gasteiger partial charge in [-0.25, -0.2) is 0 Å². The molecule has 0 heterocycles. The molecule has 0 unspecified atom stereocenters. The Bertz CT molecular complexity index is 857. The average molecular weight is 390 g/mol. The smallest absolute Gasteiger partial charge is 0.279 e. The van der Waals surface area contributed by atoms with E-state index in [1.165, 1.54) is 11.1 Å². The molecule has 0 aliphatic carbocycles. The normalized spacial score (nSPS) is 10.6. The van der Waals surface area contributed by atoms with E-state index in [2.05, 4.69) is 41.5 Å². The van der Waals surface area contributed by atoms with Gasteiger partial charge in [0.25, 0.3) is 5.91 Å². The third-order valence-corrected chi connectivity index (χ3v) is 5.44. The van der Waals surface area contributed by atoms with Crippen LogP contribution >= 0.6 is 11.8 Å². The summed E-state index contributed by atoms with van der Waals surface area (Å²) in [5, 5.41) is 5.14. The first kappa shape index (κ1) is 19.9. The monoisotopic (exact) mass is 389 g/mol. The quantitative estimate of drug-likeness (QED) is 0.424. The van der Waals surface area contributed by atoms with Crippen LogP contribution in [0.2, 0.25) is 0 Å². The predicted molar refractivity (Wildman–Crippen MR) is 118 cm³/mol. The number of thioether (sulfide) groups is 1. The summed E-state index contributed by atoms with van der Waals surface area (Å²) in [5.74, 6) is 0.798. The molecule has 0 atom stereocenters. The zero-order chi connectivity index (χ0) is 19.6. The Kier molecular flexibility index (Phi) is 7.47. The number of carbonyl (C=O) groups is 1. The number of para-hydroxylation sites is 1. The number of carbonyl (C=O) groups excluding carboxylic acids is 1. The molecule has 3 rings (SSSR count). The number of rotatable bonds is 9. The summed E-state index contributed by atoms with van der Waals surface area (Å²) in [7, 11) is 0. The van der Waals surface area contributed by atoms with Crippen LogP contribution in [-0.2, 0) is 4.79 Å². The standard InChI is InChI=1S/C24H24N2OS/c1-2-17-28-22-16-10-9-15-21(22)26-23(27)18-25-24(19-11-5-3-6-12-19)20-13-7-4-8-14-20/h2-16,24-25H,1,17-18H2,(H,26,27)/p+1. The molecule has 28 heavy (non-hydrogen) atoms. The Morgan fingerprint density at radius 3 is 2.11 bits per heavy atom. The first-order chi connectivity index (χ1) is 13.8. The van der Waals surface area contributed by atoms with Crippen molar-refractivity contribution in [2.24, 2.45) is 0 Å². The largest absolute Gasteiger partial charge is 0.328 e. The summed E-state index contributed by atoms with van der Waals surface area (Å²) in [5.41, 5.74) is 3.22. The van der Waals surface area contributed by atoms with Crippen LogP contribution in [-0.4, -0.2) is 18.2 Å². The number of benzene rings is 3. The molecular weight excluding hydrogens is 364 g/mol. The van der Waals surface area contributed by atoms with E-state index in [-0.39, 0.29) is 11.9 Å². The molecule has 0 fully saturated rings. The highest BCUT2D eigenvalue weighted by molar-refractivity contribution is 7.99. The van der Waals surface area contributed by atoms with Gasteiger partial charge in [0.15, 0.2) is 6.54 Å². The van der Waals surface area contributed by atoms with Gasteiger partial charge in [-0.15, -0.1) is 18.3 Å². The van der Waals surface area contributed by atoms with Gasteiger partial charge in [0.1, 0.15) is 6.04 Å². The Hall–Kier alpha value is -2.82. The number of nitrogens with two attached hydrogens (primary N) is 1. The van der Waals surface area contributed by atoms with Gasteiger partial charge in [-0.2, -0.15) is 0 Å². The molecule has 3 aromatic rings. The molecule has 142 valence electrons. The lowest BCUT2D eigenvalue weighted by atomic mass is 9.99. The summed E-state index contributed by atoms with van der Waals surface area (Å²) in [6.07, 6.45) is 1.86. The van der Waals surface area contributed by atoms with Crippen molar-refractivity contribution in [1.29, 1.82) is 0 Å². The highest BCUT2D eigenvalue weighted by Crippen LogP contribution is 2.26. The van der Waals surface area contributed by atoms with Gasteiger partial charge in [-0.05, 0) is 12.1 Å². The van der Waals surface area contributed by atoms with Crippen molar-refractivity contribution in [3.63, 3.8) is 0 Å². The van der Waals surface area contributed by atoms with E-state index in [9.17, 15) is 4.79 Å². The SMILES string of the molecule is C=CCSc1ccccc1NC(=O)C[NH2+]C(c1ccccc1)c1ccccc1. The topological polar surface area (TPSA) is 45.7 Å². The lowest BCUT2D eigenvalue weighted by molar-refractivity contribution is -0.676. The number of nitrogens with one attached hydrogen (secondary N) is 1. The van der Waals surface area contributed by atoms with E-state index < -0.39 is 0 Å². The maximum atomic E-state index is 12.6. The van der Waals surface area contributed by atoms with Crippen LogP contribution in [0.5, 0.6) is 0 Å². The van der Waals surface area contributed by atoms with Crippen LogP contribution < -0.4 is 10.6 Å². The Morgan fingerprint density at radius 1 is 0.929 bits per heavy atom. The molecule has 0 aromatic heterocycles. The minimum Gasteiger partial charge on any atom is -0.328 e. The zero-order valence-corrected chi connectivity index (χ0v) is 16.6. The maximum absolute atomic E-state index is 12.6. The van der Waals surface area contributed by atoms with E-state index in [0.29, 0.717) is 6.54 Å². The van der Waals surface area contributed by atoms with Crippen LogP contribution in [0.25, 0.3) is 0 Å². The van der Waals surface area contributed by atoms with Crippen molar-refractivity contribution in [2.75, 3.05) is 17.6 Å². The summed E-state index contributed by atoms with van der Waals surface area (Å²) in [4.78, 5) is 13.7. The fourth-order valence-electron chi connectivity index (χ4n) is 3.06. The van der Waals surface area contributed by atoms with Crippen LogP contribution in [0.4, 0.5) is 5.69 Å². The van der Waals surface area contributed by atoms with Gasteiger partial charge in [0.2, 0.25) is 0 Å². The van der Waals surface area contributed by atoms with E-state index in [1.54, 1.807) is 11.8 Å². The van der Waals surface area contributed by atoms with E-state index in [1.807, 2.05) is 66.7 Å². The molecule has 3 nitrogen and oxygen atoms in total. The molecule has 0 bridgehead atoms. The van der Waals surface area contributed by atoms with Crippen molar-refractivity contribution < 1.29 is 10.1 Å². The van der Waals surface area contributed by atoms with E-state index >= 15 is 0 Å². The van der Waals surface area contributed by atoms with Crippen molar-refractivity contribution in [3.8, 4) is 0 Å². The molecule has 0 spiro atoms. The fourth-order valence-corrected chi connectivity index (χ4v) is 3.80. The minimum absolute atomic E-state index is 0.0106. The molecule has 3 aromatic carbocycles. The van der Waals surface area contributed by atoms with Gasteiger partial charge >= 0.3 is 0 Å². The van der Waals surface area contributed by atoms with E-state index in [0.717, 1.165) is 16.3 Å². The molecule has 0 aliphatic heterocycles. The molecule has 0 radical (unpaired) electrons.